The Morgan fingerprint density at radius 3 is 2.64 bits per heavy atom. The van der Waals surface area contributed by atoms with E-state index in [0.29, 0.717) is 11.6 Å². The minimum absolute atomic E-state index is 0.0790. The van der Waals surface area contributed by atoms with Gasteiger partial charge in [0.25, 0.3) is 5.69 Å². The summed E-state index contributed by atoms with van der Waals surface area (Å²) in [5, 5.41) is 14.9. The Morgan fingerprint density at radius 1 is 1.36 bits per heavy atom. The van der Waals surface area contributed by atoms with Crippen molar-refractivity contribution in [2.24, 2.45) is 13.0 Å². The number of hydrogen-bond acceptors (Lipinski definition) is 6. The highest BCUT2D eigenvalue weighted by Crippen LogP contribution is 2.29. The normalized spacial score (nSPS) is 15.7. The lowest BCUT2D eigenvalue weighted by molar-refractivity contribution is -0.384. The van der Waals surface area contributed by atoms with Gasteiger partial charge < -0.3 is 14.8 Å². The molecule has 1 aromatic heterocycles. The molecule has 0 amide bonds. The van der Waals surface area contributed by atoms with E-state index < -0.39 is 4.92 Å². The Morgan fingerprint density at radius 2 is 2.07 bits per heavy atom. The van der Waals surface area contributed by atoms with Gasteiger partial charge in [-0.1, -0.05) is 13.8 Å². The van der Waals surface area contributed by atoms with Gasteiger partial charge >= 0.3 is 0 Å². The first-order valence-electron chi connectivity index (χ1n) is 9.64. The molecule has 0 saturated carbocycles. The highest BCUT2D eigenvalue weighted by Gasteiger charge is 2.24. The van der Waals surface area contributed by atoms with E-state index in [9.17, 15) is 14.9 Å². The highest BCUT2D eigenvalue weighted by atomic mass is 16.6. The number of nitrogens with one attached hydrogen (secondary N) is 1. The van der Waals surface area contributed by atoms with E-state index in [0.717, 1.165) is 32.5 Å². The Bertz CT molecular complexity index is 853. The van der Waals surface area contributed by atoms with Gasteiger partial charge in [-0.05, 0) is 30.9 Å². The topological polar surface area (TPSA) is 93.3 Å². The molecule has 1 saturated heterocycles. The molecular formula is C20H27N5O3. The summed E-state index contributed by atoms with van der Waals surface area (Å²) >= 11 is 0. The number of imidazole rings is 1. The van der Waals surface area contributed by atoms with Crippen LogP contribution in [0.4, 0.5) is 11.4 Å². The molecule has 1 aromatic carbocycles. The zero-order valence-electron chi connectivity index (χ0n) is 16.6. The van der Waals surface area contributed by atoms with Crippen LogP contribution in [0.15, 0.2) is 30.6 Å². The van der Waals surface area contributed by atoms with Gasteiger partial charge in [0.1, 0.15) is 5.69 Å². The maximum Gasteiger partial charge on any atom is 0.293 e. The van der Waals surface area contributed by atoms with E-state index in [1.165, 1.54) is 12.3 Å². The predicted molar refractivity (Wildman–Crippen MR) is 108 cm³/mol. The van der Waals surface area contributed by atoms with E-state index in [-0.39, 0.29) is 28.9 Å². The average Bonchev–Trinajstić information content (AvgIpc) is 3.08. The number of rotatable bonds is 7. The molecule has 2 aromatic rings. The fourth-order valence-corrected chi connectivity index (χ4v) is 3.66. The highest BCUT2D eigenvalue weighted by molar-refractivity contribution is 6.07. The summed E-state index contributed by atoms with van der Waals surface area (Å²) < 4.78 is 1.60. The zero-order chi connectivity index (χ0) is 20.3. The minimum Gasteiger partial charge on any atom is -0.377 e. The van der Waals surface area contributed by atoms with Crippen molar-refractivity contribution in [1.29, 1.82) is 0 Å². The summed E-state index contributed by atoms with van der Waals surface area (Å²) in [4.78, 5) is 30.2. The van der Waals surface area contributed by atoms with Crippen LogP contribution in [0, 0.1) is 16.0 Å². The van der Waals surface area contributed by atoms with Crippen LogP contribution in [0.3, 0.4) is 0 Å². The van der Waals surface area contributed by atoms with Crippen molar-refractivity contribution in [2.45, 2.75) is 32.7 Å². The largest absolute Gasteiger partial charge is 0.377 e. The van der Waals surface area contributed by atoms with E-state index >= 15 is 0 Å². The molecule has 0 spiro atoms. The van der Waals surface area contributed by atoms with Crippen molar-refractivity contribution in [3.63, 3.8) is 0 Å². The number of carbonyl (C=O) groups is 1. The number of anilines is 1. The lowest BCUT2D eigenvalue weighted by Gasteiger charge is -2.33. The standard InChI is InChI=1S/C20H27N5O3/c1-14(2)13-24-9-6-16(7-10-24)22-17-5-4-15(12-18(17)25(27)28)19(26)20-21-8-11-23(20)3/h4-5,8,11-12,14,16,22H,6-7,9-10,13H2,1-3H3. The fraction of sp³-hybridized carbons (Fsp3) is 0.500. The van der Waals surface area contributed by atoms with Gasteiger partial charge in [0.05, 0.1) is 4.92 Å². The van der Waals surface area contributed by atoms with Gasteiger partial charge in [0.15, 0.2) is 5.82 Å². The van der Waals surface area contributed by atoms with Gasteiger partial charge in [0, 0.05) is 56.7 Å². The van der Waals surface area contributed by atoms with Gasteiger partial charge in [0.2, 0.25) is 5.78 Å². The zero-order valence-corrected chi connectivity index (χ0v) is 16.6. The third-order valence-electron chi connectivity index (χ3n) is 5.05. The maximum atomic E-state index is 12.6. The molecule has 8 nitrogen and oxygen atoms in total. The number of nitro benzene ring substituents is 1. The van der Waals surface area contributed by atoms with Crippen LogP contribution in [-0.2, 0) is 7.05 Å². The maximum absolute atomic E-state index is 12.6. The lowest BCUT2D eigenvalue weighted by Crippen LogP contribution is -2.40. The van der Waals surface area contributed by atoms with Crippen LogP contribution in [0.2, 0.25) is 0 Å². The average molecular weight is 385 g/mol. The minimum atomic E-state index is -0.439. The van der Waals surface area contributed by atoms with Crippen molar-refractivity contribution in [2.75, 3.05) is 25.0 Å². The van der Waals surface area contributed by atoms with Gasteiger partial charge in [-0.2, -0.15) is 0 Å². The molecule has 150 valence electrons. The number of likely N-dealkylation sites (tertiary alicyclic amines) is 1. The monoisotopic (exact) mass is 385 g/mol. The van der Waals surface area contributed by atoms with Crippen molar-refractivity contribution < 1.29 is 9.72 Å². The Labute approximate surface area is 164 Å². The van der Waals surface area contributed by atoms with E-state index in [1.54, 1.807) is 29.9 Å². The molecule has 2 heterocycles. The smallest absolute Gasteiger partial charge is 0.293 e. The summed E-state index contributed by atoms with van der Waals surface area (Å²) in [7, 11) is 1.72. The number of aryl methyl sites for hydroxylation is 1. The number of piperidine rings is 1. The number of ketones is 1. The van der Waals surface area contributed by atoms with Gasteiger partial charge in [-0.3, -0.25) is 14.9 Å². The summed E-state index contributed by atoms with van der Waals surface area (Å²) in [5.41, 5.74) is 0.645. The van der Waals surface area contributed by atoms with Crippen LogP contribution in [0.5, 0.6) is 0 Å². The molecule has 0 radical (unpaired) electrons. The van der Waals surface area contributed by atoms with Gasteiger partial charge in [-0.15, -0.1) is 0 Å². The Hall–Kier alpha value is -2.74. The van der Waals surface area contributed by atoms with Crippen molar-refractivity contribution in [3.8, 4) is 0 Å². The molecule has 1 fully saturated rings. The first-order chi connectivity index (χ1) is 13.3. The van der Waals surface area contributed by atoms with Crippen molar-refractivity contribution in [1.82, 2.24) is 14.5 Å². The van der Waals surface area contributed by atoms with Crippen molar-refractivity contribution >= 4 is 17.2 Å². The molecule has 1 N–H and O–H groups in total. The molecule has 1 aliphatic rings. The quantitative estimate of drug-likeness (QED) is 0.447. The number of carbonyl (C=O) groups excluding carboxylic acids is 1. The van der Waals surface area contributed by atoms with Crippen LogP contribution in [0.25, 0.3) is 0 Å². The number of nitrogens with zero attached hydrogens (tertiary/aromatic N) is 4. The molecule has 0 bridgehead atoms. The second kappa shape index (κ2) is 8.52. The third-order valence-corrected chi connectivity index (χ3v) is 5.05. The SMILES string of the molecule is CC(C)CN1CCC(Nc2ccc(C(=O)c3nccn3C)cc2[N+](=O)[O-])CC1. The Balaban J connectivity index is 1.73. The molecule has 8 heteroatoms. The van der Waals surface area contributed by atoms with E-state index in [1.807, 2.05) is 0 Å². The second-order valence-electron chi connectivity index (χ2n) is 7.79. The predicted octanol–water partition coefficient (Wildman–Crippen LogP) is 3.09. The van der Waals surface area contributed by atoms with Crippen LogP contribution in [0.1, 0.15) is 42.9 Å². The van der Waals surface area contributed by atoms with Crippen molar-refractivity contribution in [3.05, 3.63) is 52.1 Å². The summed E-state index contributed by atoms with van der Waals surface area (Å²) in [5.74, 6) is 0.561. The lowest BCUT2D eigenvalue weighted by atomic mass is 10.0. The van der Waals surface area contributed by atoms with Crippen LogP contribution in [-0.4, -0.2) is 50.8 Å². The van der Waals surface area contributed by atoms with E-state index in [2.05, 4.69) is 29.0 Å². The number of nitro groups is 1. The van der Waals surface area contributed by atoms with Gasteiger partial charge in [-0.25, -0.2) is 4.98 Å². The van der Waals surface area contributed by atoms with Crippen LogP contribution < -0.4 is 5.32 Å². The Kier molecular flexibility index (Phi) is 6.08. The first kappa shape index (κ1) is 20.0. The summed E-state index contributed by atoms with van der Waals surface area (Å²) in [6.07, 6.45) is 5.09. The number of aromatic nitrogens is 2. The fourth-order valence-electron chi connectivity index (χ4n) is 3.66. The second-order valence-corrected chi connectivity index (χ2v) is 7.79. The molecule has 0 aliphatic carbocycles. The molecular weight excluding hydrogens is 358 g/mol. The molecule has 3 rings (SSSR count). The number of hydrogen-bond donors (Lipinski definition) is 1. The molecule has 28 heavy (non-hydrogen) atoms. The first-order valence-corrected chi connectivity index (χ1v) is 9.64. The third kappa shape index (κ3) is 4.56. The molecule has 1 aliphatic heterocycles. The molecule has 0 atom stereocenters. The summed E-state index contributed by atoms with van der Waals surface area (Å²) in [6.45, 7) is 7.47. The van der Waals surface area contributed by atoms with E-state index in [4.69, 9.17) is 0 Å². The summed E-state index contributed by atoms with van der Waals surface area (Å²) in [6, 6.07) is 4.79. The molecule has 0 unspecified atom stereocenters. The number of benzene rings is 1. The van der Waals surface area contributed by atoms with Crippen LogP contribution >= 0.6 is 0 Å².